The first-order valence-electron chi connectivity index (χ1n) is 13.0. The number of carbonyl (C=O) groups is 2. The lowest BCUT2D eigenvalue weighted by molar-refractivity contribution is 0.102. The summed E-state index contributed by atoms with van der Waals surface area (Å²) in [5.74, 6) is -0.270. The molecule has 0 aliphatic carbocycles. The average Bonchev–Trinajstić information content (AvgIpc) is 3.84. The second-order valence-corrected chi connectivity index (χ2v) is 12.9. The van der Waals surface area contributed by atoms with Crippen LogP contribution in [-0.2, 0) is 10.0 Å². The van der Waals surface area contributed by atoms with E-state index in [0.29, 0.717) is 26.7 Å². The van der Waals surface area contributed by atoms with Crippen LogP contribution >= 0.6 is 22.7 Å². The van der Waals surface area contributed by atoms with Gasteiger partial charge in [0.25, 0.3) is 11.8 Å². The van der Waals surface area contributed by atoms with Crippen LogP contribution in [0.15, 0.2) is 107 Å². The highest BCUT2D eigenvalue weighted by atomic mass is 32.2. The molecule has 0 aliphatic heterocycles. The van der Waals surface area contributed by atoms with Crippen LogP contribution in [0, 0.1) is 0 Å². The third kappa shape index (κ3) is 6.43. The van der Waals surface area contributed by atoms with E-state index >= 15 is 0 Å². The van der Waals surface area contributed by atoms with Crippen molar-refractivity contribution < 1.29 is 18.0 Å². The van der Waals surface area contributed by atoms with Crippen molar-refractivity contribution in [2.75, 3.05) is 10.6 Å². The Morgan fingerprint density at radius 3 is 2.05 bits per heavy atom. The summed E-state index contributed by atoms with van der Waals surface area (Å²) in [4.78, 5) is 25.4. The van der Waals surface area contributed by atoms with E-state index in [2.05, 4.69) is 31.0 Å². The van der Waals surface area contributed by atoms with Crippen molar-refractivity contribution in [2.45, 2.75) is 4.90 Å². The summed E-state index contributed by atoms with van der Waals surface area (Å²) in [6.45, 7) is 0. The number of carbonyl (C=O) groups excluding carboxylic acids is 2. The highest BCUT2D eigenvalue weighted by Crippen LogP contribution is 2.30. The van der Waals surface area contributed by atoms with E-state index in [1.165, 1.54) is 34.8 Å². The molecule has 4 heterocycles. The minimum atomic E-state index is -3.81. The largest absolute Gasteiger partial charge is 0.321 e. The molecule has 220 valence electrons. The molecule has 0 aliphatic rings. The number of rotatable bonds is 6. The lowest BCUT2D eigenvalue weighted by atomic mass is 10.1. The van der Waals surface area contributed by atoms with Crippen LogP contribution in [0.5, 0.6) is 0 Å². The van der Waals surface area contributed by atoms with Gasteiger partial charge >= 0.3 is 0 Å². The molecule has 2 amide bonds. The standard InChI is InChI=1S/C18H14N4O3S2.C12H9N3OS/c19-27(24,25)13-4-1-3-11(9-13)17-14-10-12(6-7-15(14)21-22-17)20-18(23)16-5-2-8-26-16;16-12(11-2-1-5-17-11)14-9-3-4-10-8(6-9)7-13-15-10/h1-10H,(H,20,23)(H,21,22)(H2,19,24,25);1-7H,(H,13,15)(H,14,16). The Balaban J connectivity index is 0.000000173. The number of primary sulfonamides is 1. The summed E-state index contributed by atoms with van der Waals surface area (Å²) < 4.78 is 23.2. The van der Waals surface area contributed by atoms with E-state index in [1.807, 2.05) is 41.1 Å². The Hall–Kier alpha value is -5.15. The molecule has 0 saturated heterocycles. The molecular formula is C30H23N7O4S3. The van der Waals surface area contributed by atoms with Crippen molar-refractivity contribution in [3.63, 3.8) is 0 Å². The predicted octanol–water partition coefficient (Wildman–Crippen LogP) is 6.07. The van der Waals surface area contributed by atoms with E-state index in [-0.39, 0.29) is 16.7 Å². The molecule has 0 unspecified atom stereocenters. The van der Waals surface area contributed by atoms with Gasteiger partial charge in [-0.15, -0.1) is 22.7 Å². The molecule has 44 heavy (non-hydrogen) atoms. The normalized spacial score (nSPS) is 11.2. The van der Waals surface area contributed by atoms with Gasteiger partial charge < -0.3 is 10.6 Å². The third-order valence-corrected chi connectivity index (χ3v) is 9.09. The van der Waals surface area contributed by atoms with Gasteiger partial charge in [0.2, 0.25) is 10.0 Å². The molecule has 0 radical (unpaired) electrons. The lowest BCUT2D eigenvalue weighted by Crippen LogP contribution is -2.11. The summed E-state index contributed by atoms with van der Waals surface area (Å²) >= 11 is 2.79. The van der Waals surface area contributed by atoms with Gasteiger partial charge in [0, 0.05) is 27.7 Å². The molecule has 3 aromatic carbocycles. The number of nitrogens with zero attached hydrogens (tertiary/aromatic N) is 2. The van der Waals surface area contributed by atoms with Gasteiger partial charge in [-0.1, -0.05) is 24.3 Å². The molecule has 7 aromatic rings. The molecule has 4 aromatic heterocycles. The summed E-state index contributed by atoms with van der Waals surface area (Å²) in [6, 6.07) is 24.5. The van der Waals surface area contributed by atoms with Gasteiger partial charge in [0.05, 0.1) is 31.9 Å². The number of amides is 2. The number of fused-ring (bicyclic) bond motifs is 2. The van der Waals surface area contributed by atoms with Gasteiger partial charge in [-0.05, 0) is 71.4 Å². The Morgan fingerprint density at radius 2 is 1.41 bits per heavy atom. The Bertz CT molecular complexity index is 2200. The monoisotopic (exact) mass is 641 g/mol. The zero-order chi connectivity index (χ0) is 30.7. The SMILES string of the molecule is NS(=O)(=O)c1cccc(-c2n[nH]c3ccc(NC(=O)c4cccs4)cc23)c1.O=C(Nc1ccc2[nH]ncc2c1)c1cccs1. The number of anilines is 2. The van der Waals surface area contributed by atoms with E-state index in [4.69, 9.17) is 5.14 Å². The summed E-state index contributed by atoms with van der Waals surface area (Å²) in [5.41, 5.74) is 4.29. The molecule has 7 rings (SSSR count). The van der Waals surface area contributed by atoms with Gasteiger partial charge in [0.15, 0.2) is 0 Å². The second-order valence-electron chi connectivity index (χ2n) is 9.44. The Morgan fingerprint density at radius 1 is 0.750 bits per heavy atom. The molecule has 0 bridgehead atoms. The van der Waals surface area contributed by atoms with Crippen LogP contribution in [0.1, 0.15) is 19.3 Å². The first-order valence-corrected chi connectivity index (χ1v) is 16.3. The highest BCUT2D eigenvalue weighted by Gasteiger charge is 2.14. The van der Waals surface area contributed by atoms with Crippen molar-refractivity contribution in [3.05, 3.63) is 112 Å². The van der Waals surface area contributed by atoms with Crippen molar-refractivity contribution in [1.29, 1.82) is 0 Å². The van der Waals surface area contributed by atoms with Crippen molar-refractivity contribution >= 4 is 77.7 Å². The fourth-order valence-electron chi connectivity index (χ4n) is 4.35. The van der Waals surface area contributed by atoms with E-state index < -0.39 is 10.0 Å². The third-order valence-electron chi connectivity index (χ3n) is 6.44. The minimum absolute atomic E-state index is 0.0123. The number of H-pyrrole nitrogens is 2. The van der Waals surface area contributed by atoms with Crippen LogP contribution in [0.2, 0.25) is 0 Å². The van der Waals surface area contributed by atoms with Crippen molar-refractivity contribution in [3.8, 4) is 11.3 Å². The molecule has 6 N–H and O–H groups in total. The smallest absolute Gasteiger partial charge is 0.265 e. The zero-order valence-electron chi connectivity index (χ0n) is 22.6. The quantitative estimate of drug-likeness (QED) is 0.147. The van der Waals surface area contributed by atoms with Crippen LogP contribution in [0.25, 0.3) is 33.1 Å². The first-order chi connectivity index (χ1) is 21.2. The predicted molar refractivity (Wildman–Crippen MR) is 174 cm³/mol. The van der Waals surface area contributed by atoms with Crippen LogP contribution in [-0.4, -0.2) is 40.6 Å². The summed E-state index contributed by atoms with van der Waals surface area (Å²) in [5, 5.41) is 30.4. The number of hydrogen-bond donors (Lipinski definition) is 5. The summed E-state index contributed by atoms with van der Waals surface area (Å²) in [7, 11) is -3.81. The highest BCUT2D eigenvalue weighted by molar-refractivity contribution is 7.89. The van der Waals surface area contributed by atoms with Crippen molar-refractivity contribution in [1.82, 2.24) is 20.4 Å². The average molecular weight is 642 g/mol. The number of aromatic amines is 2. The topological polar surface area (TPSA) is 176 Å². The molecule has 14 heteroatoms. The number of sulfonamides is 1. The number of nitrogens with one attached hydrogen (secondary N) is 4. The van der Waals surface area contributed by atoms with E-state index in [9.17, 15) is 18.0 Å². The fourth-order valence-corrected chi connectivity index (χ4v) is 6.15. The van der Waals surface area contributed by atoms with Gasteiger partial charge in [0.1, 0.15) is 5.69 Å². The second kappa shape index (κ2) is 12.2. The molecule has 0 atom stereocenters. The van der Waals surface area contributed by atoms with Crippen LogP contribution in [0.3, 0.4) is 0 Å². The maximum Gasteiger partial charge on any atom is 0.265 e. The molecule has 0 spiro atoms. The van der Waals surface area contributed by atoms with E-state index in [0.717, 1.165) is 27.5 Å². The molecule has 11 nitrogen and oxygen atoms in total. The maximum absolute atomic E-state index is 12.3. The maximum atomic E-state index is 12.3. The fraction of sp³-hybridized carbons (Fsp3) is 0. The zero-order valence-corrected chi connectivity index (χ0v) is 25.1. The first kappa shape index (κ1) is 28.9. The van der Waals surface area contributed by atoms with Gasteiger partial charge in [-0.3, -0.25) is 19.8 Å². The molecule has 0 saturated carbocycles. The van der Waals surface area contributed by atoms with E-state index in [1.54, 1.807) is 48.7 Å². The number of nitrogens with two attached hydrogens (primary N) is 1. The number of thiophene rings is 2. The lowest BCUT2D eigenvalue weighted by Gasteiger charge is -2.05. The van der Waals surface area contributed by atoms with Crippen molar-refractivity contribution in [2.24, 2.45) is 5.14 Å². The molecular weight excluding hydrogens is 619 g/mol. The number of aromatic nitrogens is 4. The Kier molecular flexibility index (Phi) is 8.04. The molecule has 0 fully saturated rings. The Labute approximate surface area is 258 Å². The minimum Gasteiger partial charge on any atom is -0.321 e. The number of benzene rings is 3. The number of hydrogen-bond acceptors (Lipinski definition) is 8. The van der Waals surface area contributed by atoms with Crippen LogP contribution < -0.4 is 15.8 Å². The summed E-state index contributed by atoms with van der Waals surface area (Å²) in [6.07, 6.45) is 1.73. The van der Waals surface area contributed by atoms with Gasteiger partial charge in [-0.2, -0.15) is 10.2 Å². The van der Waals surface area contributed by atoms with Gasteiger partial charge in [-0.25, -0.2) is 13.6 Å². The van der Waals surface area contributed by atoms with Crippen LogP contribution in [0.4, 0.5) is 11.4 Å².